The molecule has 0 spiro atoms. The monoisotopic (exact) mass is 501 g/mol. The van der Waals surface area contributed by atoms with Crippen LogP contribution in [-0.4, -0.2) is 56.7 Å². The van der Waals surface area contributed by atoms with Gasteiger partial charge in [0.15, 0.2) is 0 Å². The van der Waals surface area contributed by atoms with Crippen LogP contribution in [0.4, 0.5) is 11.4 Å². The Hall–Kier alpha value is -3.84. The molecule has 0 bridgehead atoms. The average Bonchev–Trinajstić information content (AvgIpc) is 2.94. The fourth-order valence-electron chi connectivity index (χ4n) is 4.40. The van der Waals surface area contributed by atoms with Gasteiger partial charge in [0.2, 0.25) is 0 Å². The van der Waals surface area contributed by atoms with Crippen LogP contribution in [0.2, 0.25) is 0 Å². The second-order valence-corrected chi connectivity index (χ2v) is 9.16. The van der Waals surface area contributed by atoms with Gasteiger partial charge in [0.1, 0.15) is 5.75 Å². The van der Waals surface area contributed by atoms with Crippen molar-refractivity contribution < 1.29 is 19.1 Å². The number of esters is 1. The van der Waals surface area contributed by atoms with Crippen LogP contribution in [0.5, 0.6) is 5.75 Å². The molecule has 1 heterocycles. The standard InChI is InChI=1S/C30H35N3O4/c1-3-4-19-37-26-12-8-11-24(20-26)29(34)31-27-21-25(30(35)36-2)13-14-28(27)33-17-15-32(16-18-33)22-23-9-6-5-7-10-23/h5-14,20-21H,3-4,15-19,22H2,1-2H3,(H,31,34). The Morgan fingerprint density at radius 2 is 1.68 bits per heavy atom. The Labute approximate surface area is 219 Å². The molecule has 0 aliphatic carbocycles. The number of rotatable bonds is 10. The summed E-state index contributed by atoms with van der Waals surface area (Å²) < 4.78 is 10.7. The first kappa shape index (κ1) is 26.2. The molecule has 0 saturated carbocycles. The maximum atomic E-state index is 13.2. The Morgan fingerprint density at radius 3 is 2.41 bits per heavy atom. The van der Waals surface area contributed by atoms with Gasteiger partial charge >= 0.3 is 5.97 Å². The predicted molar refractivity (Wildman–Crippen MR) is 147 cm³/mol. The van der Waals surface area contributed by atoms with Gasteiger partial charge in [-0.15, -0.1) is 0 Å². The minimum absolute atomic E-state index is 0.257. The van der Waals surface area contributed by atoms with Gasteiger partial charge < -0.3 is 19.7 Å². The molecule has 0 unspecified atom stereocenters. The number of nitrogens with one attached hydrogen (secondary N) is 1. The molecule has 7 nitrogen and oxygen atoms in total. The van der Waals surface area contributed by atoms with Crippen molar-refractivity contribution in [2.45, 2.75) is 26.3 Å². The number of ether oxygens (including phenoxy) is 2. The molecular formula is C30H35N3O4. The largest absolute Gasteiger partial charge is 0.494 e. The third-order valence-electron chi connectivity index (χ3n) is 6.49. The highest BCUT2D eigenvalue weighted by Gasteiger charge is 2.22. The minimum Gasteiger partial charge on any atom is -0.494 e. The van der Waals surface area contributed by atoms with E-state index >= 15 is 0 Å². The summed E-state index contributed by atoms with van der Waals surface area (Å²) in [6, 6.07) is 23.0. The molecule has 0 radical (unpaired) electrons. The molecule has 0 aromatic heterocycles. The fraction of sp³-hybridized carbons (Fsp3) is 0.333. The first-order valence-electron chi connectivity index (χ1n) is 12.8. The zero-order valence-electron chi connectivity index (χ0n) is 21.6. The maximum absolute atomic E-state index is 13.2. The molecule has 1 amide bonds. The summed E-state index contributed by atoms with van der Waals surface area (Å²) in [6.45, 7) is 7.06. The van der Waals surface area contributed by atoms with Crippen LogP contribution in [-0.2, 0) is 11.3 Å². The number of benzene rings is 3. The van der Waals surface area contributed by atoms with E-state index in [0.717, 1.165) is 51.3 Å². The summed E-state index contributed by atoms with van der Waals surface area (Å²) in [5, 5.41) is 3.03. The number of carbonyl (C=O) groups excluding carboxylic acids is 2. The summed E-state index contributed by atoms with van der Waals surface area (Å²) in [5.41, 5.74) is 3.65. The quantitative estimate of drug-likeness (QED) is 0.303. The minimum atomic E-state index is -0.443. The lowest BCUT2D eigenvalue weighted by Crippen LogP contribution is -2.46. The smallest absolute Gasteiger partial charge is 0.337 e. The van der Waals surface area contributed by atoms with Gasteiger partial charge in [-0.05, 0) is 48.4 Å². The van der Waals surface area contributed by atoms with Crippen LogP contribution in [0.1, 0.15) is 46.0 Å². The van der Waals surface area contributed by atoms with Crippen LogP contribution >= 0.6 is 0 Å². The van der Waals surface area contributed by atoms with E-state index in [9.17, 15) is 9.59 Å². The van der Waals surface area contributed by atoms with Gasteiger partial charge in [0.05, 0.1) is 30.7 Å². The Balaban J connectivity index is 1.49. The van der Waals surface area contributed by atoms with Gasteiger partial charge in [-0.1, -0.05) is 49.7 Å². The lowest BCUT2D eigenvalue weighted by atomic mass is 10.1. The van der Waals surface area contributed by atoms with Crippen LogP contribution in [0.25, 0.3) is 0 Å². The molecule has 1 N–H and O–H groups in total. The topological polar surface area (TPSA) is 71.1 Å². The number of hydrogen-bond donors (Lipinski definition) is 1. The summed E-state index contributed by atoms with van der Waals surface area (Å²) >= 11 is 0. The number of hydrogen-bond acceptors (Lipinski definition) is 6. The molecule has 1 saturated heterocycles. The highest BCUT2D eigenvalue weighted by molar-refractivity contribution is 6.07. The van der Waals surface area contributed by atoms with Crippen molar-refractivity contribution in [3.63, 3.8) is 0 Å². The van der Waals surface area contributed by atoms with Crippen molar-refractivity contribution >= 4 is 23.3 Å². The number of nitrogens with zero attached hydrogens (tertiary/aromatic N) is 2. The van der Waals surface area contributed by atoms with Crippen molar-refractivity contribution in [2.24, 2.45) is 0 Å². The third-order valence-corrected chi connectivity index (χ3v) is 6.49. The highest BCUT2D eigenvalue weighted by atomic mass is 16.5. The fourth-order valence-corrected chi connectivity index (χ4v) is 4.40. The summed E-state index contributed by atoms with van der Waals surface area (Å²) in [5.74, 6) is -0.0351. The zero-order valence-corrected chi connectivity index (χ0v) is 21.6. The lowest BCUT2D eigenvalue weighted by Gasteiger charge is -2.37. The number of unbranched alkanes of at least 4 members (excludes halogenated alkanes) is 1. The molecule has 0 atom stereocenters. The molecule has 4 rings (SSSR count). The third kappa shape index (κ3) is 7.11. The van der Waals surface area contributed by atoms with E-state index in [0.29, 0.717) is 29.2 Å². The summed E-state index contributed by atoms with van der Waals surface area (Å²) in [6.07, 6.45) is 2.00. The Kier molecular flexibility index (Phi) is 9.16. The molecule has 3 aromatic rings. The first-order valence-corrected chi connectivity index (χ1v) is 12.8. The maximum Gasteiger partial charge on any atom is 0.337 e. The van der Waals surface area contributed by atoms with E-state index in [1.807, 2.05) is 24.3 Å². The SMILES string of the molecule is CCCCOc1cccc(C(=O)Nc2cc(C(=O)OC)ccc2N2CCN(Cc3ccccc3)CC2)c1. The molecule has 1 aliphatic rings. The van der Waals surface area contributed by atoms with Crippen LogP contribution < -0.4 is 15.0 Å². The molecule has 194 valence electrons. The van der Waals surface area contributed by atoms with Crippen molar-refractivity contribution in [3.05, 3.63) is 89.5 Å². The number of piperazine rings is 1. The van der Waals surface area contributed by atoms with Gasteiger partial charge in [-0.2, -0.15) is 0 Å². The molecule has 7 heteroatoms. The van der Waals surface area contributed by atoms with Crippen LogP contribution in [0.3, 0.4) is 0 Å². The molecule has 3 aromatic carbocycles. The van der Waals surface area contributed by atoms with Gasteiger partial charge in [-0.3, -0.25) is 9.69 Å². The molecule has 1 aliphatic heterocycles. The summed E-state index contributed by atoms with van der Waals surface area (Å²) in [4.78, 5) is 30.1. The van der Waals surface area contributed by atoms with E-state index in [-0.39, 0.29) is 5.91 Å². The number of anilines is 2. The normalized spacial score (nSPS) is 13.7. The highest BCUT2D eigenvalue weighted by Crippen LogP contribution is 2.30. The second-order valence-electron chi connectivity index (χ2n) is 9.16. The Morgan fingerprint density at radius 1 is 0.892 bits per heavy atom. The van der Waals surface area contributed by atoms with Crippen molar-refractivity contribution in [2.75, 3.05) is 50.1 Å². The zero-order chi connectivity index (χ0) is 26.0. The van der Waals surface area contributed by atoms with E-state index in [1.54, 1.807) is 24.3 Å². The van der Waals surface area contributed by atoms with E-state index in [2.05, 4.69) is 46.3 Å². The first-order chi connectivity index (χ1) is 18.1. The van der Waals surface area contributed by atoms with E-state index in [1.165, 1.54) is 12.7 Å². The van der Waals surface area contributed by atoms with Crippen molar-refractivity contribution in [1.82, 2.24) is 4.90 Å². The van der Waals surface area contributed by atoms with E-state index < -0.39 is 5.97 Å². The van der Waals surface area contributed by atoms with E-state index in [4.69, 9.17) is 9.47 Å². The second kappa shape index (κ2) is 12.9. The predicted octanol–water partition coefficient (Wildman–Crippen LogP) is 5.23. The van der Waals surface area contributed by atoms with Crippen LogP contribution in [0.15, 0.2) is 72.8 Å². The number of amides is 1. The lowest BCUT2D eigenvalue weighted by molar-refractivity contribution is 0.0600. The van der Waals surface area contributed by atoms with Crippen LogP contribution in [0, 0.1) is 0 Å². The molecule has 1 fully saturated rings. The number of methoxy groups -OCH3 is 1. The van der Waals surface area contributed by atoms with Gasteiger partial charge in [0, 0.05) is 38.3 Å². The molecular weight excluding hydrogens is 466 g/mol. The summed E-state index contributed by atoms with van der Waals surface area (Å²) in [7, 11) is 1.35. The average molecular weight is 502 g/mol. The van der Waals surface area contributed by atoms with Crippen molar-refractivity contribution in [3.8, 4) is 5.75 Å². The van der Waals surface area contributed by atoms with Gasteiger partial charge in [0.25, 0.3) is 5.91 Å². The van der Waals surface area contributed by atoms with Crippen molar-refractivity contribution in [1.29, 1.82) is 0 Å². The van der Waals surface area contributed by atoms with Gasteiger partial charge in [-0.25, -0.2) is 4.79 Å². The molecule has 37 heavy (non-hydrogen) atoms. The Bertz CT molecular complexity index is 1190. The number of carbonyl (C=O) groups is 2.